The molecule has 2 aliphatic heterocycles. The van der Waals surface area contributed by atoms with Crippen molar-refractivity contribution in [2.24, 2.45) is 5.73 Å². The number of nitrogen functional groups attached to an aromatic ring is 1. The van der Waals surface area contributed by atoms with Crippen LogP contribution in [-0.2, 0) is 19.1 Å². The highest BCUT2D eigenvalue weighted by Gasteiger charge is 2.38. The van der Waals surface area contributed by atoms with Gasteiger partial charge in [0, 0.05) is 29.0 Å². The van der Waals surface area contributed by atoms with Crippen LogP contribution >= 0.6 is 0 Å². The molecule has 0 saturated carbocycles. The summed E-state index contributed by atoms with van der Waals surface area (Å²) in [7, 11) is 0. The molecule has 2 aliphatic rings. The zero-order valence-electron chi connectivity index (χ0n) is 21.2. The average Bonchev–Trinajstić information content (AvgIpc) is 3.46. The molecule has 2 aromatic rings. The number of anilines is 2. The Labute approximate surface area is 223 Å². The fraction of sp³-hybridized carbons (Fsp3) is 0.308. The maximum Gasteiger partial charge on any atom is 0.330 e. The number of amides is 4. The zero-order valence-corrected chi connectivity index (χ0v) is 21.2. The van der Waals surface area contributed by atoms with Gasteiger partial charge < -0.3 is 36.6 Å². The number of amidine groups is 1. The first-order valence-electron chi connectivity index (χ1n) is 12.4. The number of esters is 1. The lowest BCUT2D eigenvalue weighted by Crippen LogP contribution is -2.55. The lowest BCUT2D eigenvalue weighted by atomic mass is 10.1. The number of nitrogens with one attached hydrogen (secondary N) is 5. The highest BCUT2D eigenvalue weighted by atomic mass is 16.5. The molecule has 4 amide bonds. The highest BCUT2D eigenvalue weighted by Crippen LogP contribution is 2.25. The number of nitrogens with zero attached hydrogens (tertiary/aromatic N) is 1. The van der Waals surface area contributed by atoms with E-state index < -0.39 is 41.8 Å². The molecule has 13 heteroatoms. The second kappa shape index (κ2) is 11.6. The van der Waals surface area contributed by atoms with Crippen molar-refractivity contribution in [2.45, 2.75) is 31.5 Å². The average molecular weight is 536 g/mol. The topological polar surface area (TPSA) is 196 Å². The predicted molar refractivity (Wildman–Crippen MR) is 141 cm³/mol. The number of para-hydroxylation sites is 1. The Hall–Kier alpha value is -4.94. The number of nitrogens with two attached hydrogens (primary N) is 1. The van der Waals surface area contributed by atoms with Gasteiger partial charge in [-0.15, -0.1) is 0 Å². The van der Waals surface area contributed by atoms with Crippen LogP contribution in [0.25, 0.3) is 0 Å². The molecule has 4 rings (SSSR count). The molecular weight excluding hydrogens is 506 g/mol. The zero-order chi connectivity index (χ0) is 28.1. The minimum Gasteiger partial charge on any atom is -0.464 e. The van der Waals surface area contributed by atoms with E-state index in [4.69, 9.17) is 15.9 Å². The van der Waals surface area contributed by atoms with E-state index in [0.29, 0.717) is 35.5 Å². The molecule has 2 unspecified atom stereocenters. The van der Waals surface area contributed by atoms with Gasteiger partial charge >= 0.3 is 12.0 Å². The van der Waals surface area contributed by atoms with Crippen molar-refractivity contribution < 1.29 is 28.7 Å². The van der Waals surface area contributed by atoms with E-state index in [0.717, 1.165) is 0 Å². The van der Waals surface area contributed by atoms with Gasteiger partial charge in [0.1, 0.15) is 17.9 Å². The standard InChI is InChI=1S/C26H29N7O6/c1-2-39-25(37)19(31-23(35)20-21(34)16-5-3-4-6-17(16)30-20)13-29-26(38)32-18-11-12-33(24(18)36)15-9-7-14(8-10-15)22(27)28/h3-10,18-20,30H,2,11-13H2,1H3,(H3,27,28)(H,31,35)(H2,29,32,38)/t18?,19-,20?/m0/s1. The van der Waals surface area contributed by atoms with Crippen LogP contribution < -0.4 is 31.9 Å². The molecule has 13 nitrogen and oxygen atoms in total. The SMILES string of the molecule is CCOC(=O)[C@H](CNC(=O)NC1CCN(c2ccc(C(=N)N)cc2)C1=O)NC(=O)C1Nc2ccccc2C1=O. The number of fused-ring (bicyclic) bond motifs is 1. The van der Waals surface area contributed by atoms with Crippen molar-refractivity contribution in [2.75, 3.05) is 29.9 Å². The molecule has 0 aromatic heterocycles. The maximum absolute atomic E-state index is 12.9. The first-order valence-corrected chi connectivity index (χ1v) is 12.4. The molecule has 0 aliphatic carbocycles. The van der Waals surface area contributed by atoms with E-state index in [1.807, 2.05) is 0 Å². The molecule has 0 radical (unpaired) electrons. The molecular formula is C26H29N7O6. The maximum atomic E-state index is 12.9. The van der Waals surface area contributed by atoms with Gasteiger partial charge in [-0.05, 0) is 49.7 Å². The molecule has 1 fully saturated rings. The molecule has 204 valence electrons. The number of ketones is 1. The Morgan fingerprint density at radius 2 is 1.87 bits per heavy atom. The van der Waals surface area contributed by atoms with Crippen molar-refractivity contribution in [3.63, 3.8) is 0 Å². The smallest absolute Gasteiger partial charge is 0.330 e. The summed E-state index contributed by atoms with van der Waals surface area (Å²) < 4.78 is 5.01. The number of benzene rings is 2. The van der Waals surface area contributed by atoms with Gasteiger partial charge in [0.15, 0.2) is 11.8 Å². The first kappa shape index (κ1) is 27.1. The second-order valence-corrected chi connectivity index (χ2v) is 8.95. The molecule has 1 saturated heterocycles. The van der Waals surface area contributed by atoms with Gasteiger partial charge in [0.2, 0.25) is 5.91 Å². The third-order valence-corrected chi connectivity index (χ3v) is 6.37. The molecule has 0 bridgehead atoms. The second-order valence-electron chi connectivity index (χ2n) is 8.95. The lowest BCUT2D eigenvalue weighted by Gasteiger charge is -2.21. The number of carbonyl (C=O) groups excluding carboxylic acids is 5. The Morgan fingerprint density at radius 1 is 1.15 bits per heavy atom. The van der Waals surface area contributed by atoms with Gasteiger partial charge in [0.25, 0.3) is 5.91 Å². The van der Waals surface area contributed by atoms with E-state index in [9.17, 15) is 24.0 Å². The van der Waals surface area contributed by atoms with Crippen LogP contribution in [-0.4, -0.2) is 73.3 Å². The lowest BCUT2D eigenvalue weighted by molar-refractivity contribution is -0.147. The van der Waals surface area contributed by atoms with Gasteiger partial charge in [-0.25, -0.2) is 9.59 Å². The number of urea groups is 1. The Bertz CT molecular complexity index is 1310. The van der Waals surface area contributed by atoms with Crippen molar-refractivity contribution in [1.82, 2.24) is 16.0 Å². The molecule has 7 N–H and O–H groups in total. The van der Waals surface area contributed by atoms with E-state index in [-0.39, 0.29) is 24.9 Å². The Morgan fingerprint density at radius 3 is 2.54 bits per heavy atom. The third-order valence-electron chi connectivity index (χ3n) is 6.37. The summed E-state index contributed by atoms with van der Waals surface area (Å²) in [5.41, 5.74) is 7.48. The van der Waals surface area contributed by atoms with Crippen LogP contribution in [0.2, 0.25) is 0 Å². The van der Waals surface area contributed by atoms with Gasteiger partial charge in [-0.1, -0.05) is 12.1 Å². The number of ether oxygens (including phenoxy) is 1. The summed E-state index contributed by atoms with van der Waals surface area (Å²) >= 11 is 0. The van der Waals surface area contributed by atoms with Crippen molar-refractivity contribution in [3.8, 4) is 0 Å². The largest absolute Gasteiger partial charge is 0.464 e. The van der Waals surface area contributed by atoms with Crippen molar-refractivity contribution >= 4 is 46.8 Å². The van der Waals surface area contributed by atoms with Crippen LogP contribution in [0.5, 0.6) is 0 Å². The summed E-state index contributed by atoms with van der Waals surface area (Å²) in [6.45, 7) is 1.68. The van der Waals surface area contributed by atoms with E-state index in [2.05, 4.69) is 21.3 Å². The third kappa shape index (κ3) is 5.98. The number of Topliss-reactive ketones (excluding diaryl/α,β-unsaturated/α-hetero) is 1. The van der Waals surface area contributed by atoms with Crippen LogP contribution in [0.3, 0.4) is 0 Å². The summed E-state index contributed by atoms with van der Waals surface area (Å²) in [6.07, 6.45) is 0.356. The minimum absolute atomic E-state index is 0.0449. The number of hydrogen-bond acceptors (Lipinski definition) is 8. The Balaban J connectivity index is 1.32. The molecule has 39 heavy (non-hydrogen) atoms. The first-order chi connectivity index (χ1) is 18.7. The number of hydrogen-bond donors (Lipinski definition) is 6. The molecule has 0 spiro atoms. The normalized spacial score (nSPS) is 18.5. The van der Waals surface area contributed by atoms with Crippen LogP contribution in [0.4, 0.5) is 16.2 Å². The summed E-state index contributed by atoms with van der Waals surface area (Å²) in [5, 5.41) is 17.8. The fourth-order valence-electron chi connectivity index (χ4n) is 4.37. The number of carbonyl (C=O) groups is 5. The van der Waals surface area contributed by atoms with Crippen molar-refractivity contribution in [1.29, 1.82) is 5.41 Å². The quantitative estimate of drug-likeness (QED) is 0.112. The van der Waals surface area contributed by atoms with Crippen molar-refractivity contribution in [3.05, 3.63) is 59.7 Å². The van der Waals surface area contributed by atoms with E-state index >= 15 is 0 Å². The summed E-state index contributed by atoms with van der Waals surface area (Å²) in [6, 6.07) is 9.28. The molecule has 2 aromatic carbocycles. The highest BCUT2D eigenvalue weighted by molar-refractivity contribution is 6.21. The van der Waals surface area contributed by atoms with E-state index in [1.54, 1.807) is 55.5 Å². The number of rotatable bonds is 9. The van der Waals surface area contributed by atoms with Gasteiger partial charge in [-0.2, -0.15) is 0 Å². The van der Waals surface area contributed by atoms with Crippen LogP contribution in [0.15, 0.2) is 48.5 Å². The monoisotopic (exact) mass is 535 g/mol. The molecule has 2 heterocycles. The van der Waals surface area contributed by atoms with Crippen LogP contribution in [0, 0.1) is 5.41 Å². The van der Waals surface area contributed by atoms with Gasteiger partial charge in [-0.3, -0.25) is 19.8 Å². The van der Waals surface area contributed by atoms with Gasteiger partial charge in [0.05, 0.1) is 13.2 Å². The van der Waals surface area contributed by atoms with Crippen LogP contribution in [0.1, 0.15) is 29.3 Å². The summed E-state index contributed by atoms with van der Waals surface area (Å²) in [4.78, 5) is 64.9. The molecule has 3 atom stereocenters. The Kier molecular flexibility index (Phi) is 8.08. The minimum atomic E-state index is -1.27. The fourth-order valence-corrected chi connectivity index (χ4v) is 4.37. The predicted octanol–water partition coefficient (Wildman–Crippen LogP) is 0.100. The summed E-state index contributed by atoms with van der Waals surface area (Å²) in [5.74, 6) is -2.36. The van der Waals surface area contributed by atoms with E-state index in [1.165, 1.54) is 4.90 Å².